The minimum absolute atomic E-state index is 0.00405. The van der Waals surface area contributed by atoms with Crippen LogP contribution >= 0.6 is 0 Å². The van der Waals surface area contributed by atoms with E-state index in [1.165, 1.54) is 67.0 Å². The molecule has 1 aliphatic rings. The fraction of sp³-hybridized carbons (Fsp3) is 0.212. The molecule has 1 aliphatic carbocycles. The molecule has 0 radical (unpaired) electrons. The minimum atomic E-state index is -4.58. The second-order valence-corrected chi connectivity index (χ2v) is 10.9. The van der Waals surface area contributed by atoms with Gasteiger partial charge >= 0.3 is 12.8 Å². The van der Waals surface area contributed by atoms with E-state index in [4.69, 9.17) is 4.42 Å². The number of ether oxygens (including phenoxy) is 1. The summed E-state index contributed by atoms with van der Waals surface area (Å²) in [5.74, 6) is -0.814. The Hall–Kier alpha value is -5.24. The molecular weight excluding hydrogens is 630 g/mol. The maximum Gasteiger partial charge on any atom is 0.405 e. The molecule has 0 bridgehead atoms. The zero-order chi connectivity index (χ0) is 33.3. The number of halogens is 6. The van der Waals surface area contributed by atoms with E-state index in [9.17, 15) is 35.9 Å². The van der Waals surface area contributed by atoms with E-state index in [2.05, 4.69) is 25.3 Å². The number of amides is 1. The summed E-state index contributed by atoms with van der Waals surface area (Å²) in [6.45, 7) is -4.39. The smallest absolute Gasteiger partial charge is 0.405 e. The molecule has 0 saturated heterocycles. The minimum Gasteiger partial charge on any atom is -0.455 e. The zero-order valence-electron chi connectivity index (χ0n) is 24.2. The van der Waals surface area contributed by atoms with Gasteiger partial charge in [0.15, 0.2) is 12.1 Å². The summed E-state index contributed by atoms with van der Waals surface area (Å²) in [7, 11) is 0. The highest BCUT2D eigenvalue weighted by Crippen LogP contribution is 2.43. The van der Waals surface area contributed by atoms with Crippen LogP contribution in [0.3, 0.4) is 0 Å². The van der Waals surface area contributed by atoms with Gasteiger partial charge < -0.3 is 19.8 Å². The molecule has 1 saturated carbocycles. The number of carbonyl (C=O) groups is 2. The quantitative estimate of drug-likeness (QED) is 0.119. The topological polar surface area (TPSA) is 106 Å². The van der Waals surface area contributed by atoms with Crippen molar-refractivity contribution in [2.45, 2.75) is 37.3 Å². The number of benzene rings is 3. The van der Waals surface area contributed by atoms with E-state index in [1.807, 2.05) is 0 Å². The Morgan fingerprint density at radius 3 is 2.40 bits per heavy atom. The van der Waals surface area contributed by atoms with Gasteiger partial charge in [-0.3, -0.25) is 9.59 Å². The highest BCUT2D eigenvalue weighted by Gasteiger charge is 2.50. The van der Waals surface area contributed by atoms with Gasteiger partial charge in [0, 0.05) is 59.1 Å². The summed E-state index contributed by atoms with van der Waals surface area (Å²) in [4.78, 5) is 34.2. The van der Waals surface area contributed by atoms with Gasteiger partial charge in [0.05, 0.1) is 11.7 Å². The van der Waals surface area contributed by atoms with Crippen LogP contribution in [0.1, 0.15) is 39.4 Å². The Labute approximate surface area is 262 Å². The van der Waals surface area contributed by atoms with Crippen molar-refractivity contribution in [3.63, 3.8) is 0 Å². The standard InChI is InChI=1S/C33H24F6N4O4/c34-21-7-5-18(6-8-21)28-25(16-44)24-12-23(26(13-27(24)47-28)42-17-33(37,38)39)19-3-1-4-20(11-19)29(45)43-32(30-40-9-2-10-41-30)14-22(15-32)46-31(35)36/h1-13,16,22,31,42H,14-15,17H2,(H,43,45). The van der Waals surface area contributed by atoms with Crippen molar-refractivity contribution in [2.24, 2.45) is 0 Å². The number of alkyl halides is 5. The number of furan rings is 1. The molecule has 0 atom stereocenters. The van der Waals surface area contributed by atoms with Gasteiger partial charge in [0.2, 0.25) is 0 Å². The highest BCUT2D eigenvalue weighted by atomic mass is 19.4. The number of rotatable bonds is 10. The van der Waals surface area contributed by atoms with Crippen LogP contribution in [-0.2, 0) is 10.3 Å². The predicted molar refractivity (Wildman–Crippen MR) is 158 cm³/mol. The average molecular weight is 655 g/mol. The summed E-state index contributed by atoms with van der Waals surface area (Å²) >= 11 is 0. The van der Waals surface area contributed by atoms with Crippen LogP contribution in [0, 0.1) is 5.82 Å². The van der Waals surface area contributed by atoms with Gasteiger partial charge in [0.25, 0.3) is 5.91 Å². The third-order valence-electron chi connectivity index (χ3n) is 7.80. The Morgan fingerprint density at radius 2 is 1.74 bits per heavy atom. The Balaban J connectivity index is 1.38. The lowest BCUT2D eigenvalue weighted by molar-refractivity contribution is -0.198. The maximum absolute atomic E-state index is 13.6. The molecule has 1 amide bonds. The molecule has 8 nitrogen and oxygen atoms in total. The fourth-order valence-electron chi connectivity index (χ4n) is 5.64. The molecule has 2 N–H and O–H groups in total. The molecular formula is C33H24F6N4O4. The van der Waals surface area contributed by atoms with E-state index in [-0.39, 0.29) is 57.8 Å². The van der Waals surface area contributed by atoms with E-state index >= 15 is 0 Å². The Morgan fingerprint density at radius 1 is 1.02 bits per heavy atom. The molecule has 2 aromatic heterocycles. The number of aromatic nitrogens is 2. The van der Waals surface area contributed by atoms with Crippen molar-refractivity contribution in [1.29, 1.82) is 0 Å². The zero-order valence-corrected chi connectivity index (χ0v) is 24.2. The van der Waals surface area contributed by atoms with Crippen molar-refractivity contribution in [1.82, 2.24) is 15.3 Å². The van der Waals surface area contributed by atoms with Crippen molar-refractivity contribution >= 4 is 28.8 Å². The summed E-state index contributed by atoms with van der Waals surface area (Å²) in [6.07, 6.45) is -2.01. The van der Waals surface area contributed by atoms with Crippen LogP contribution in [0.5, 0.6) is 0 Å². The fourth-order valence-corrected chi connectivity index (χ4v) is 5.64. The first-order valence-corrected chi connectivity index (χ1v) is 14.2. The lowest BCUT2D eigenvalue weighted by atomic mass is 9.73. The van der Waals surface area contributed by atoms with Crippen LogP contribution in [0.4, 0.5) is 32.0 Å². The van der Waals surface area contributed by atoms with Gasteiger partial charge in [-0.05, 0) is 54.1 Å². The highest BCUT2D eigenvalue weighted by molar-refractivity contribution is 6.06. The molecule has 14 heteroatoms. The maximum atomic E-state index is 13.6. The van der Waals surface area contributed by atoms with Gasteiger partial charge in [-0.15, -0.1) is 0 Å². The van der Waals surface area contributed by atoms with Crippen LogP contribution in [0.25, 0.3) is 33.4 Å². The van der Waals surface area contributed by atoms with Crippen molar-refractivity contribution < 1.29 is 45.1 Å². The largest absolute Gasteiger partial charge is 0.455 e. The van der Waals surface area contributed by atoms with E-state index < -0.39 is 42.7 Å². The van der Waals surface area contributed by atoms with Crippen molar-refractivity contribution in [3.8, 4) is 22.5 Å². The number of nitrogens with one attached hydrogen (secondary N) is 2. The number of fused-ring (bicyclic) bond motifs is 1. The molecule has 2 heterocycles. The molecule has 47 heavy (non-hydrogen) atoms. The number of anilines is 1. The molecule has 6 rings (SSSR count). The third kappa shape index (κ3) is 6.68. The number of carbonyl (C=O) groups excluding carboxylic acids is 2. The predicted octanol–water partition coefficient (Wildman–Crippen LogP) is 7.51. The summed E-state index contributed by atoms with van der Waals surface area (Å²) in [5, 5.41) is 5.48. The average Bonchev–Trinajstić information content (AvgIpc) is 3.39. The first-order valence-electron chi connectivity index (χ1n) is 14.2. The Kier molecular flexibility index (Phi) is 8.45. The molecule has 0 spiro atoms. The van der Waals surface area contributed by atoms with Gasteiger partial charge in [0.1, 0.15) is 29.2 Å². The third-order valence-corrected chi connectivity index (χ3v) is 7.80. The molecule has 0 unspecified atom stereocenters. The van der Waals surface area contributed by atoms with Crippen molar-refractivity contribution in [3.05, 3.63) is 102 Å². The molecule has 0 aliphatic heterocycles. The number of nitrogens with zero attached hydrogens (tertiary/aromatic N) is 2. The normalized spacial score (nSPS) is 17.8. The van der Waals surface area contributed by atoms with Crippen LogP contribution in [0.15, 0.2) is 83.5 Å². The monoisotopic (exact) mass is 654 g/mol. The number of aldehydes is 1. The van der Waals surface area contributed by atoms with Crippen LogP contribution in [0.2, 0.25) is 0 Å². The Bertz CT molecular complexity index is 1920. The molecule has 3 aromatic carbocycles. The van der Waals surface area contributed by atoms with Crippen molar-refractivity contribution in [2.75, 3.05) is 11.9 Å². The second-order valence-electron chi connectivity index (χ2n) is 10.9. The first-order chi connectivity index (χ1) is 22.4. The van der Waals surface area contributed by atoms with E-state index in [0.29, 0.717) is 17.4 Å². The van der Waals surface area contributed by atoms with Gasteiger partial charge in [-0.2, -0.15) is 22.0 Å². The number of hydrogen-bond donors (Lipinski definition) is 2. The van der Waals surface area contributed by atoms with Gasteiger partial charge in [-0.1, -0.05) is 12.1 Å². The van der Waals surface area contributed by atoms with E-state index in [1.54, 1.807) is 12.1 Å². The molecule has 5 aromatic rings. The SMILES string of the molecule is O=Cc1c(-c2ccc(F)cc2)oc2cc(NCC(F)(F)F)c(-c3cccc(C(=O)NC4(c5ncccn5)CC(OC(F)F)C4)c3)cc12. The summed E-state index contributed by atoms with van der Waals surface area (Å²) < 4.78 is 89.6. The second kappa shape index (κ2) is 12.5. The lowest BCUT2D eigenvalue weighted by Crippen LogP contribution is -2.58. The van der Waals surface area contributed by atoms with E-state index in [0.717, 1.165) is 0 Å². The molecule has 1 fully saturated rings. The van der Waals surface area contributed by atoms with Crippen LogP contribution in [-0.4, -0.2) is 47.6 Å². The molecule has 242 valence electrons. The van der Waals surface area contributed by atoms with Gasteiger partial charge in [-0.25, -0.2) is 14.4 Å². The first kappa shape index (κ1) is 31.7. The van der Waals surface area contributed by atoms with Crippen LogP contribution < -0.4 is 10.6 Å². The summed E-state index contributed by atoms with van der Waals surface area (Å²) in [5.41, 5.74) is 0.0340. The number of hydrogen-bond acceptors (Lipinski definition) is 7. The lowest BCUT2D eigenvalue weighted by Gasteiger charge is -2.46. The summed E-state index contributed by atoms with van der Waals surface area (Å²) in [6, 6.07) is 15.6.